The lowest BCUT2D eigenvalue weighted by Crippen LogP contribution is -2.29. The first kappa shape index (κ1) is 16.6. The molecule has 0 aliphatic carbocycles. The van der Waals surface area contributed by atoms with Gasteiger partial charge >= 0.3 is 0 Å². The highest BCUT2D eigenvalue weighted by Gasteiger charge is 2.18. The van der Waals surface area contributed by atoms with Crippen LogP contribution < -0.4 is 10.5 Å². The molecular formula is C16H20Cl2N4O. The summed E-state index contributed by atoms with van der Waals surface area (Å²) in [5, 5.41) is 5.51. The summed E-state index contributed by atoms with van der Waals surface area (Å²) >= 11 is 12.0. The Bertz CT molecular complexity index is 689. The molecule has 0 bridgehead atoms. The number of halogens is 2. The third-order valence-corrected chi connectivity index (χ3v) is 4.72. The van der Waals surface area contributed by atoms with E-state index in [4.69, 9.17) is 33.7 Å². The molecule has 0 radical (unpaired) electrons. The largest absolute Gasteiger partial charge is 0.475 e. The van der Waals surface area contributed by atoms with Gasteiger partial charge in [0.2, 0.25) is 5.88 Å². The Labute approximate surface area is 145 Å². The maximum atomic E-state index is 6.07. The van der Waals surface area contributed by atoms with Gasteiger partial charge in [-0.1, -0.05) is 23.2 Å². The van der Waals surface area contributed by atoms with Crippen molar-refractivity contribution in [2.24, 2.45) is 5.73 Å². The predicted octanol–water partition coefficient (Wildman–Crippen LogP) is 2.90. The Hall–Kier alpha value is -1.27. The van der Waals surface area contributed by atoms with Crippen LogP contribution in [0.5, 0.6) is 5.88 Å². The number of nitrogens with two attached hydrogens (primary N) is 1. The molecule has 7 heteroatoms. The van der Waals surface area contributed by atoms with Crippen molar-refractivity contribution in [1.29, 1.82) is 0 Å². The van der Waals surface area contributed by atoms with Crippen molar-refractivity contribution in [2.45, 2.75) is 19.4 Å². The minimum atomic E-state index is 0.297. The van der Waals surface area contributed by atoms with Gasteiger partial charge in [-0.2, -0.15) is 0 Å². The Kier molecular flexibility index (Phi) is 5.11. The van der Waals surface area contributed by atoms with Crippen LogP contribution in [0.25, 0.3) is 5.69 Å². The second kappa shape index (κ2) is 7.09. The quantitative estimate of drug-likeness (QED) is 0.896. The smallest absolute Gasteiger partial charge is 0.233 e. The summed E-state index contributed by atoms with van der Waals surface area (Å²) in [6, 6.07) is 7.64. The van der Waals surface area contributed by atoms with Crippen LogP contribution in [-0.4, -0.2) is 47.0 Å². The van der Waals surface area contributed by atoms with E-state index in [0.29, 0.717) is 28.6 Å². The zero-order chi connectivity index (χ0) is 16.4. The van der Waals surface area contributed by atoms with E-state index >= 15 is 0 Å². The highest BCUT2D eigenvalue weighted by molar-refractivity contribution is 6.42. The van der Waals surface area contributed by atoms with E-state index in [9.17, 15) is 0 Å². The van der Waals surface area contributed by atoms with E-state index in [1.807, 2.05) is 19.1 Å². The highest BCUT2D eigenvalue weighted by atomic mass is 35.5. The van der Waals surface area contributed by atoms with Crippen molar-refractivity contribution in [3.05, 3.63) is 40.0 Å². The summed E-state index contributed by atoms with van der Waals surface area (Å²) in [6.45, 7) is 5.43. The first-order valence-electron chi connectivity index (χ1n) is 7.66. The van der Waals surface area contributed by atoms with Crippen LogP contribution in [0.1, 0.15) is 12.1 Å². The van der Waals surface area contributed by atoms with E-state index in [0.717, 1.165) is 37.4 Å². The van der Waals surface area contributed by atoms with E-state index in [2.05, 4.69) is 10.00 Å². The van der Waals surface area contributed by atoms with Crippen LogP contribution in [-0.2, 0) is 0 Å². The Morgan fingerprint density at radius 1 is 1.30 bits per heavy atom. The van der Waals surface area contributed by atoms with Crippen LogP contribution in [0.4, 0.5) is 0 Å². The Morgan fingerprint density at radius 2 is 2.13 bits per heavy atom. The molecule has 0 spiro atoms. The van der Waals surface area contributed by atoms with Crippen molar-refractivity contribution in [1.82, 2.24) is 14.7 Å². The van der Waals surface area contributed by atoms with Crippen molar-refractivity contribution in [2.75, 3.05) is 26.2 Å². The Balaban J connectivity index is 1.62. The van der Waals surface area contributed by atoms with E-state index in [-0.39, 0.29) is 0 Å². The number of benzene rings is 1. The molecule has 2 heterocycles. The van der Waals surface area contributed by atoms with Gasteiger partial charge in [-0.15, -0.1) is 5.10 Å². The SMILES string of the molecule is Cc1cc(OCCN2CCC(N)C2)nn1-c1ccc(Cl)c(Cl)c1. The Morgan fingerprint density at radius 3 is 2.83 bits per heavy atom. The van der Waals surface area contributed by atoms with E-state index < -0.39 is 0 Å². The van der Waals surface area contributed by atoms with Crippen LogP contribution >= 0.6 is 23.2 Å². The highest BCUT2D eigenvalue weighted by Crippen LogP contribution is 2.25. The van der Waals surface area contributed by atoms with Gasteiger partial charge in [0.25, 0.3) is 0 Å². The van der Waals surface area contributed by atoms with Gasteiger partial charge in [0.15, 0.2) is 0 Å². The summed E-state index contributed by atoms with van der Waals surface area (Å²) in [5.74, 6) is 0.608. The van der Waals surface area contributed by atoms with Crippen LogP contribution in [0.2, 0.25) is 10.0 Å². The zero-order valence-corrected chi connectivity index (χ0v) is 14.5. The zero-order valence-electron chi connectivity index (χ0n) is 13.0. The van der Waals surface area contributed by atoms with Crippen LogP contribution in [0, 0.1) is 6.92 Å². The fraction of sp³-hybridized carbons (Fsp3) is 0.438. The van der Waals surface area contributed by atoms with Crippen molar-refractivity contribution in [3.8, 4) is 11.6 Å². The summed E-state index contributed by atoms with van der Waals surface area (Å²) in [4.78, 5) is 2.31. The summed E-state index contributed by atoms with van der Waals surface area (Å²) in [6.07, 6.45) is 1.06. The third-order valence-electron chi connectivity index (χ3n) is 3.98. The van der Waals surface area contributed by atoms with Gasteiger partial charge in [-0.05, 0) is 38.1 Å². The predicted molar refractivity (Wildman–Crippen MR) is 92.8 cm³/mol. The lowest BCUT2D eigenvalue weighted by molar-refractivity contribution is 0.230. The first-order valence-corrected chi connectivity index (χ1v) is 8.41. The molecule has 1 aliphatic heterocycles. The summed E-state index contributed by atoms with van der Waals surface area (Å²) in [7, 11) is 0. The number of aromatic nitrogens is 2. The second-order valence-electron chi connectivity index (χ2n) is 5.83. The minimum absolute atomic E-state index is 0.297. The molecular weight excluding hydrogens is 335 g/mol. The molecule has 2 aromatic rings. The van der Waals surface area contributed by atoms with Gasteiger partial charge in [0, 0.05) is 30.9 Å². The second-order valence-corrected chi connectivity index (χ2v) is 6.65. The molecule has 1 aliphatic rings. The van der Waals surface area contributed by atoms with Crippen molar-refractivity contribution >= 4 is 23.2 Å². The summed E-state index contributed by atoms with van der Waals surface area (Å²) < 4.78 is 7.56. The molecule has 1 saturated heterocycles. The maximum Gasteiger partial charge on any atom is 0.233 e. The molecule has 1 aromatic heterocycles. The number of hydrogen-bond donors (Lipinski definition) is 1. The third kappa shape index (κ3) is 3.98. The molecule has 1 fully saturated rings. The number of aryl methyl sites for hydroxylation is 1. The van der Waals surface area contributed by atoms with Crippen LogP contribution in [0.15, 0.2) is 24.3 Å². The number of hydrogen-bond acceptors (Lipinski definition) is 4. The molecule has 2 N–H and O–H groups in total. The van der Waals surface area contributed by atoms with Gasteiger partial charge in [-0.3, -0.25) is 4.90 Å². The minimum Gasteiger partial charge on any atom is -0.475 e. The maximum absolute atomic E-state index is 6.07. The standard InChI is InChI=1S/C16H20Cl2N4O/c1-11-8-16(23-7-6-21-5-4-12(19)10-21)20-22(11)13-2-3-14(17)15(18)9-13/h2-3,8-9,12H,4-7,10,19H2,1H3. The fourth-order valence-corrected chi connectivity index (χ4v) is 3.03. The molecule has 3 rings (SSSR count). The van der Waals surface area contributed by atoms with Crippen molar-refractivity contribution in [3.63, 3.8) is 0 Å². The number of rotatable bonds is 5. The molecule has 0 amide bonds. The fourth-order valence-electron chi connectivity index (χ4n) is 2.74. The molecule has 23 heavy (non-hydrogen) atoms. The van der Waals surface area contributed by atoms with Crippen molar-refractivity contribution < 1.29 is 4.74 Å². The summed E-state index contributed by atoms with van der Waals surface area (Å²) in [5.41, 5.74) is 7.73. The van der Waals surface area contributed by atoms with Gasteiger partial charge in [0.05, 0.1) is 15.7 Å². The lowest BCUT2D eigenvalue weighted by atomic mass is 10.3. The normalized spacial score (nSPS) is 18.5. The average molecular weight is 355 g/mol. The van der Waals surface area contributed by atoms with Crippen LogP contribution in [0.3, 0.4) is 0 Å². The molecule has 1 unspecified atom stereocenters. The van der Waals surface area contributed by atoms with E-state index in [1.165, 1.54) is 0 Å². The number of ether oxygens (including phenoxy) is 1. The first-order chi connectivity index (χ1) is 11.0. The van der Waals surface area contributed by atoms with Gasteiger partial charge in [0.1, 0.15) is 6.61 Å². The molecule has 5 nitrogen and oxygen atoms in total. The number of nitrogens with zero attached hydrogens (tertiary/aromatic N) is 3. The van der Waals surface area contributed by atoms with E-state index in [1.54, 1.807) is 16.8 Å². The van der Waals surface area contributed by atoms with Gasteiger partial charge < -0.3 is 10.5 Å². The molecule has 1 atom stereocenters. The monoisotopic (exact) mass is 354 g/mol. The average Bonchev–Trinajstić information content (AvgIpc) is 3.08. The van der Waals surface area contributed by atoms with Gasteiger partial charge in [-0.25, -0.2) is 4.68 Å². The number of likely N-dealkylation sites (tertiary alicyclic amines) is 1. The molecule has 1 aromatic carbocycles. The topological polar surface area (TPSA) is 56.3 Å². The molecule has 0 saturated carbocycles. The molecule has 124 valence electrons. The lowest BCUT2D eigenvalue weighted by Gasteiger charge is -2.14.